The molecule has 0 aliphatic carbocycles. The Balaban J connectivity index is 3.21. The van der Waals surface area contributed by atoms with Crippen molar-refractivity contribution in [2.75, 3.05) is 6.26 Å². The maximum absolute atomic E-state index is 11.6. The lowest BCUT2D eigenvalue weighted by atomic mass is 10.1. The zero-order chi connectivity index (χ0) is 14.6. The van der Waals surface area contributed by atoms with Crippen LogP contribution in [0.3, 0.4) is 0 Å². The summed E-state index contributed by atoms with van der Waals surface area (Å²) in [7, 11) is -3.43. The van der Waals surface area contributed by atoms with Gasteiger partial charge in [0.2, 0.25) is 0 Å². The predicted octanol–water partition coefficient (Wildman–Crippen LogP) is 1.60. The van der Waals surface area contributed by atoms with E-state index in [-0.39, 0.29) is 17.8 Å². The fourth-order valence-corrected chi connectivity index (χ4v) is 2.96. The molecule has 19 heavy (non-hydrogen) atoms. The molecule has 0 aromatic heterocycles. The summed E-state index contributed by atoms with van der Waals surface area (Å²) >= 11 is 0. The highest BCUT2D eigenvalue weighted by Crippen LogP contribution is 2.17. The predicted molar refractivity (Wildman–Crippen MR) is 70.3 cm³/mol. The highest BCUT2D eigenvalue weighted by atomic mass is 32.2. The Kier molecular flexibility index (Phi) is 4.60. The molecule has 0 aliphatic heterocycles. The van der Waals surface area contributed by atoms with Gasteiger partial charge in [-0.15, -0.1) is 0 Å². The second-order valence-electron chi connectivity index (χ2n) is 4.02. The number of nitrogens with zero attached hydrogens (tertiary/aromatic N) is 2. The molecule has 0 saturated carbocycles. The fraction of sp³-hybridized carbons (Fsp3) is 0.364. The summed E-state index contributed by atoms with van der Waals surface area (Å²) in [6, 6.07) is 5.19. The lowest BCUT2D eigenvalue weighted by Gasteiger charge is -2.14. The van der Waals surface area contributed by atoms with E-state index < -0.39 is 20.0 Å². The van der Waals surface area contributed by atoms with Gasteiger partial charge in [-0.1, -0.05) is 12.1 Å². The van der Waals surface area contributed by atoms with Crippen molar-refractivity contribution in [3.05, 3.63) is 39.9 Å². The van der Waals surface area contributed by atoms with E-state index in [0.29, 0.717) is 5.56 Å². The molecule has 0 heterocycles. The maximum atomic E-state index is 11.6. The highest BCUT2D eigenvalue weighted by Gasteiger charge is 2.27. The van der Waals surface area contributed by atoms with E-state index in [1.54, 1.807) is 6.92 Å². The van der Waals surface area contributed by atoms with Crippen LogP contribution in [0.25, 0.3) is 0 Å². The first kappa shape index (κ1) is 15.1. The summed E-state index contributed by atoms with van der Waals surface area (Å²) in [5.74, 6) is 0. The second-order valence-corrected chi connectivity index (χ2v) is 6.24. The van der Waals surface area contributed by atoms with E-state index in [4.69, 9.17) is 5.21 Å². The highest BCUT2D eigenvalue weighted by molar-refractivity contribution is 7.92. The van der Waals surface area contributed by atoms with Gasteiger partial charge >= 0.3 is 0 Å². The molecule has 104 valence electrons. The van der Waals surface area contributed by atoms with Crippen LogP contribution in [0.15, 0.2) is 29.4 Å². The van der Waals surface area contributed by atoms with Crippen LogP contribution in [-0.4, -0.2) is 35.8 Å². The molecule has 1 aromatic carbocycles. The van der Waals surface area contributed by atoms with Gasteiger partial charge in [-0.05, 0) is 18.6 Å². The average molecular weight is 286 g/mol. The summed E-state index contributed by atoms with van der Waals surface area (Å²) in [5.41, 5.74) is 0.207. The normalized spacial score (nSPS) is 14.1. The maximum Gasteiger partial charge on any atom is 0.269 e. The van der Waals surface area contributed by atoms with Gasteiger partial charge in [-0.25, -0.2) is 8.42 Å². The van der Waals surface area contributed by atoms with Crippen LogP contribution >= 0.6 is 0 Å². The van der Waals surface area contributed by atoms with Crippen molar-refractivity contribution in [3.63, 3.8) is 0 Å². The molecule has 0 aliphatic rings. The Hall–Kier alpha value is -1.96. The van der Waals surface area contributed by atoms with Crippen LogP contribution in [0, 0.1) is 10.1 Å². The van der Waals surface area contributed by atoms with Gasteiger partial charge in [0, 0.05) is 24.0 Å². The lowest BCUT2D eigenvalue weighted by molar-refractivity contribution is -0.384. The largest absolute Gasteiger partial charge is 0.411 e. The number of oxime groups is 1. The summed E-state index contributed by atoms with van der Waals surface area (Å²) in [5, 5.41) is 21.6. The monoisotopic (exact) mass is 286 g/mol. The standard InChI is InChI=1S/C11H14N2O5S/c1-3-10(19(2,17)18)11(12-14)8-4-6-9(7-5-8)13(15)16/h4-7,10,14H,3H2,1-2H3/b12-11+. The summed E-state index contributed by atoms with van der Waals surface area (Å²) in [6.45, 7) is 1.66. The van der Waals surface area contributed by atoms with Crippen molar-refractivity contribution < 1.29 is 18.5 Å². The number of nitro groups is 1. The van der Waals surface area contributed by atoms with E-state index in [0.717, 1.165) is 6.26 Å². The zero-order valence-electron chi connectivity index (χ0n) is 10.5. The van der Waals surface area contributed by atoms with E-state index in [2.05, 4.69) is 5.16 Å². The third-order valence-corrected chi connectivity index (χ3v) is 4.26. The van der Waals surface area contributed by atoms with Gasteiger partial charge in [0.05, 0.1) is 4.92 Å². The minimum atomic E-state index is -3.43. The smallest absolute Gasteiger partial charge is 0.269 e. The van der Waals surface area contributed by atoms with Crippen LogP contribution in [0.1, 0.15) is 18.9 Å². The first-order valence-corrected chi connectivity index (χ1v) is 7.42. The molecular weight excluding hydrogens is 272 g/mol. The lowest BCUT2D eigenvalue weighted by Crippen LogP contribution is -2.29. The molecule has 0 saturated heterocycles. The number of rotatable bonds is 5. The first-order chi connectivity index (χ1) is 8.81. The number of sulfone groups is 1. The second kappa shape index (κ2) is 5.79. The van der Waals surface area contributed by atoms with E-state index in [1.165, 1.54) is 24.3 Å². The SMILES string of the molecule is CCC(/C(=N/O)c1ccc([N+](=O)[O-])cc1)S(C)(=O)=O. The molecule has 1 unspecified atom stereocenters. The molecule has 0 radical (unpaired) electrons. The van der Waals surface area contributed by atoms with Gasteiger partial charge in [0.1, 0.15) is 11.0 Å². The summed E-state index contributed by atoms with van der Waals surface area (Å²) in [4.78, 5) is 9.97. The molecule has 0 fully saturated rings. The van der Waals surface area contributed by atoms with Crippen molar-refractivity contribution in [3.8, 4) is 0 Å². The van der Waals surface area contributed by atoms with Gasteiger partial charge in [0.25, 0.3) is 5.69 Å². The van der Waals surface area contributed by atoms with Crippen molar-refractivity contribution in [1.29, 1.82) is 0 Å². The number of benzene rings is 1. The van der Waals surface area contributed by atoms with Gasteiger partial charge in [-0.3, -0.25) is 10.1 Å². The molecular formula is C11H14N2O5S. The van der Waals surface area contributed by atoms with Gasteiger partial charge in [0.15, 0.2) is 9.84 Å². The molecule has 7 nitrogen and oxygen atoms in total. The number of hydrogen-bond donors (Lipinski definition) is 1. The Morgan fingerprint density at radius 3 is 2.26 bits per heavy atom. The molecule has 8 heteroatoms. The molecule has 1 atom stereocenters. The minimum Gasteiger partial charge on any atom is -0.411 e. The van der Waals surface area contributed by atoms with Crippen molar-refractivity contribution in [1.82, 2.24) is 0 Å². The van der Waals surface area contributed by atoms with Gasteiger partial charge < -0.3 is 5.21 Å². The quantitative estimate of drug-likeness (QED) is 0.382. The molecule has 1 aromatic rings. The third kappa shape index (κ3) is 3.50. The molecule has 0 amide bonds. The molecule has 0 bridgehead atoms. The van der Waals surface area contributed by atoms with E-state index in [9.17, 15) is 18.5 Å². The van der Waals surface area contributed by atoms with Crippen molar-refractivity contribution in [2.45, 2.75) is 18.6 Å². The molecule has 1 rings (SSSR count). The van der Waals surface area contributed by atoms with Crippen LogP contribution < -0.4 is 0 Å². The van der Waals surface area contributed by atoms with E-state index in [1.807, 2.05) is 0 Å². The zero-order valence-corrected chi connectivity index (χ0v) is 11.3. The topological polar surface area (TPSA) is 110 Å². The molecule has 0 spiro atoms. The third-order valence-electron chi connectivity index (χ3n) is 2.67. The molecule has 1 N–H and O–H groups in total. The first-order valence-electron chi connectivity index (χ1n) is 5.47. The van der Waals surface area contributed by atoms with Crippen LogP contribution in [0.4, 0.5) is 5.69 Å². The van der Waals surface area contributed by atoms with Crippen LogP contribution in [0.2, 0.25) is 0 Å². The number of non-ortho nitro benzene ring substituents is 1. The Morgan fingerprint density at radius 1 is 1.42 bits per heavy atom. The summed E-state index contributed by atoms with van der Waals surface area (Å²) < 4.78 is 23.2. The van der Waals surface area contributed by atoms with E-state index >= 15 is 0 Å². The fourth-order valence-electron chi connectivity index (χ4n) is 1.76. The van der Waals surface area contributed by atoms with Gasteiger partial charge in [-0.2, -0.15) is 0 Å². The number of nitro benzene ring substituents is 1. The number of hydrogen-bond acceptors (Lipinski definition) is 6. The average Bonchev–Trinajstić information content (AvgIpc) is 2.34. The van der Waals surface area contributed by atoms with Crippen molar-refractivity contribution in [2.24, 2.45) is 5.16 Å². The summed E-state index contributed by atoms with van der Waals surface area (Å²) in [6.07, 6.45) is 1.30. The Bertz CT molecular complexity index is 592. The van der Waals surface area contributed by atoms with Crippen molar-refractivity contribution >= 4 is 21.2 Å². The van der Waals surface area contributed by atoms with Crippen LogP contribution in [-0.2, 0) is 9.84 Å². The van der Waals surface area contributed by atoms with Crippen LogP contribution in [0.5, 0.6) is 0 Å². The Morgan fingerprint density at radius 2 is 1.95 bits per heavy atom. The minimum absolute atomic E-state index is 0.0140. The Labute approximate surface area is 110 Å².